The van der Waals surface area contributed by atoms with Crippen molar-refractivity contribution >= 4 is 6.47 Å². The first-order chi connectivity index (χ1) is 7.41. The van der Waals surface area contributed by atoms with Crippen LogP contribution < -0.4 is 0 Å². The van der Waals surface area contributed by atoms with Gasteiger partial charge >= 0.3 is 0 Å². The molecule has 0 N–H and O–H groups in total. The fourth-order valence-electron chi connectivity index (χ4n) is 1.41. The van der Waals surface area contributed by atoms with Gasteiger partial charge in [-0.15, -0.1) is 0 Å². The Labute approximate surface area is 93.7 Å². The van der Waals surface area contributed by atoms with E-state index in [9.17, 15) is 4.79 Å². The lowest BCUT2D eigenvalue weighted by atomic mass is 10.1. The van der Waals surface area contributed by atoms with E-state index in [1.807, 2.05) is 0 Å². The first-order valence-electron chi connectivity index (χ1n) is 6.12. The number of unbranched alkanes of at least 4 members (excludes halogenated alkanes) is 6. The average Bonchev–Trinajstić information content (AvgIpc) is 2.26. The topological polar surface area (TPSA) is 26.3 Å². The zero-order valence-corrected chi connectivity index (χ0v) is 9.91. The van der Waals surface area contributed by atoms with Gasteiger partial charge < -0.3 is 4.74 Å². The predicted octanol–water partition coefficient (Wildman–Crippen LogP) is 3.86. The molecule has 0 aliphatic rings. The van der Waals surface area contributed by atoms with Crippen LogP contribution >= 0.6 is 0 Å². The van der Waals surface area contributed by atoms with Crippen LogP contribution in [-0.4, -0.2) is 13.1 Å². The van der Waals surface area contributed by atoms with Gasteiger partial charge in [0.1, 0.15) is 0 Å². The standard InChI is InChI=1S/C13H24O2/c1-2-3-4-5-6-7-8-9-10-11-12-15-13-14/h5-6,13H,2-4,7-12H2,1H3/b6-5-. The number of ether oxygens (including phenoxy) is 1. The van der Waals surface area contributed by atoms with E-state index in [0.717, 1.165) is 12.8 Å². The van der Waals surface area contributed by atoms with Crippen molar-refractivity contribution in [2.24, 2.45) is 0 Å². The Balaban J connectivity index is 2.97. The normalized spacial score (nSPS) is 10.7. The molecule has 0 aliphatic heterocycles. The second-order valence-corrected chi connectivity index (χ2v) is 3.78. The maximum atomic E-state index is 9.83. The summed E-state index contributed by atoms with van der Waals surface area (Å²) in [6, 6.07) is 0. The summed E-state index contributed by atoms with van der Waals surface area (Å²) in [6.45, 7) is 3.32. The molecule has 0 radical (unpaired) electrons. The number of hydrogen-bond acceptors (Lipinski definition) is 2. The summed E-state index contributed by atoms with van der Waals surface area (Å²) >= 11 is 0. The monoisotopic (exact) mass is 212 g/mol. The van der Waals surface area contributed by atoms with Gasteiger partial charge in [0, 0.05) is 0 Å². The molecule has 0 aromatic heterocycles. The van der Waals surface area contributed by atoms with Crippen molar-refractivity contribution in [3.63, 3.8) is 0 Å². The molecule has 0 aromatic carbocycles. The Morgan fingerprint density at radius 3 is 2.27 bits per heavy atom. The summed E-state index contributed by atoms with van der Waals surface area (Å²) in [6.07, 6.45) is 14.2. The summed E-state index contributed by atoms with van der Waals surface area (Å²) in [4.78, 5) is 9.83. The van der Waals surface area contributed by atoms with Crippen LogP contribution in [-0.2, 0) is 9.53 Å². The molecular weight excluding hydrogens is 188 g/mol. The van der Waals surface area contributed by atoms with E-state index < -0.39 is 0 Å². The highest BCUT2D eigenvalue weighted by atomic mass is 16.5. The minimum atomic E-state index is 0.524. The molecule has 0 heterocycles. The Morgan fingerprint density at radius 1 is 0.933 bits per heavy atom. The minimum Gasteiger partial charge on any atom is -0.468 e. The fraction of sp³-hybridized carbons (Fsp3) is 0.769. The number of allylic oxidation sites excluding steroid dienone is 2. The number of carbonyl (C=O) groups is 1. The van der Waals surface area contributed by atoms with E-state index in [0.29, 0.717) is 13.1 Å². The smallest absolute Gasteiger partial charge is 0.293 e. The molecule has 0 amide bonds. The molecule has 15 heavy (non-hydrogen) atoms. The molecule has 0 aliphatic carbocycles. The molecule has 0 fully saturated rings. The lowest BCUT2D eigenvalue weighted by Gasteiger charge is -1.98. The van der Waals surface area contributed by atoms with Crippen molar-refractivity contribution in [3.05, 3.63) is 12.2 Å². The Morgan fingerprint density at radius 2 is 1.60 bits per heavy atom. The average molecular weight is 212 g/mol. The third-order valence-electron chi connectivity index (χ3n) is 2.34. The molecule has 0 aromatic rings. The highest BCUT2D eigenvalue weighted by Gasteiger charge is 1.89. The maximum Gasteiger partial charge on any atom is 0.293 e. The van der Waals surface area contributed by atoms with Crippen molar-refractivity contribution in [2.45, 2.75) is 58.3 Å². The quantitative estimate of drug-likeness (QED) is 0.295. The van der Waals surface area contributed by atoms with Crippen LogP contribution in [0.1, 0.15) is 58.3 Å². The van der Waals surface area contributed by atoms with Gasteiger partial charge in [-0.25, -0.2) is 0 Å². The Kier molecular flexibility index (Phi) is 12.5. The van der Waals surface area contributed by atoms with Gasteiger partial charge in [0.25, 0.3) is 6.47 Å². The molecule has 0 rings (SSSR count). The Bertz CT molecular complexity index is 153. The summed E-state index contributed by atoms with van der Waals surface area (Å²) in [5.41, 5.74) is 0. The van der Waals surface area contributed by atoms with E-state index in [2.05, 4.69) is 23.8 Å². The van der Waals surface area contributed by atoms with Gasteiger partial charge in [-0.05, 0) is 25.7 Å². The fourth-order valence-corrected chi connectivity index (χ4v) is 1.41. The molecular formula is C13H24O2. The van der Waals surface area contributed by atoms with Gasteiger partial charge in [0.15, 0.2) is 0 Å². The van der Waals surface area contributed by atoms with Crippen molar-refractivity contribution in [1.82, 2.24) is 0 Å². The van der Waals surface area contributed by atoms with E-state index in [1.165, 1.54) is 38.5 Å². The molecule has 0 unspecified atom stereocenters. The molecule has 0 bridgehead atoms. The summed E-state index contributed by atoms with van der Waals surface area (Å²) < 4.78 is 4.61. The minimum absolute atomic E-state index is 0.524. The molecule has 88 valence electrons. The lowest BCUT2D eigenvalue weighted by molar-refractivity contribution is -0.128. The third kappa shape index (κ3) is 13.2. The van der Waals surface area contributed by atoms with Crippen molar-refractivity contribution in [2.75, 3.05) is 6.61 Å². The van der Waals surface area contributed by atoms with Crippen LogP contribution in [0.2, 0.25) is 0 Å². The Hall–Kier alpha value is -0.790. The van der Waals surface area contributed by atoms with Gasteiger partial charge in [-0.3, -0.25) is 4.79 Å². The van der Waals surface area contributed by atoms with Crippen molar-refractivity contribution in [3.8, 4) is 0 Å². The first kappa shape index (κ1) is 14.2. The third-order valence-corrected chi connectivity index (χ3v) is 2.34. The second-order valence-electron chi connectivity index (χ2n) is 3.78. The van der Waals surface area contributed by atoms with Crippen molar-refractivity contribution < 1.29 is 9.53 Å². The maximum absolute atomic E-state index is 9.83. The molecule has 0 saturated carbocycles. The molecule has 0 atom stereocenters. The second kappa shape index (κ2) is 13.2. The van der Waals surface area contributed by atoms with E-state index in [1.54, 1.807) is 0 Å². The van der Waals surface area contributed by atoms with Crippen LogP contribution in [0.25, 0.3) is 0 Å². The SMILES string of the molecule is CCCC/C=C\CCCCCCOC=O. The largest absolute Gasteiger partial charge is 0.468 e. The van der Waals surface area contributed by atoms with Crippen LogP contribution in [0.3, 0.4) is 0 Å². The van der Waals surface area contributed by atoms with E-state index in [-0.39, 0.29) is 0 Å². The van der Waals surface area contributed by atoms with Gasteiger partial charge in [-0.2, -0.15) is 0 Å². The van der Waals surface area contributed by atoms with E-state index >= 15 is 0 Å². The predicted molar refractivity (Wildman–Crippen MR) is 63.8 cm³/mol. The molecule has 2 nitrogen and oxygen atoms in total. The van der Waals surface area contributed by atoms with Gasteiger partial charge in [0.05, 0.1) is 6.61 Å². The zero-order valence-electron chi connectivity index (χ0n) is 9.91. The van der Waals surface area contributed by atoms with E-state index in [4.69, 9.17) is 0 Å². The van der Waals surface area contributed by atoms with Crippen LogP contribution in [0.5, 0.6) is 0 Å². The van der Waals surface area contributed by atoms with Crippen LogP contribution in [0.4, 0.5) is 0 Å². The lowest BCUT2D eigenvalue weighted by Crippen LogP contribution is -1.90. The zero-order chi connectivity index (χ0) is 11.2. The number of rotatable bonds is 11. The highest BCUT2D eigenvalue weighted by Crippen LogP contribution is 2.04. The molecule has 2 heteroatoms. The highest BCUT2D eigenvalue weighted by molar-refractivity contribution is 5.36. The van der Waals surface area contributed by atoms with Crippen LogP contribution in [0, 0.1) is 0 Å². The molecule has 0 saturated heterocycles. The van der Waals surface area contributed by atoms with Crippen molar-refractivity contribution in [1.29, 1.82) is 0 Å². The summed E-state index contributed by atoms with van der Waals surface area (Å²) in [7, 11) is 0. The van der Waals surface area contributed by atoms with Gasteiger partial charge in [-0.1, -0.05) is 44.8 Å². The van der Waals surface area contributed by atoms with Crippen LogP contribution in [0.15, 0.2) is 12.2 Å². The molecule has 0 spiro atoms. The number of hydrogen-bond donors (Lipinski definition) is 0. The number of carbonyl (C=O) groups excluding carboxylic acids is 1. The first-order valence-corrected chi connectivity index (χ1v) is 6.12. The van der Waals surface area contributed by atoms with Gasteiger partial charge in [0.2, 0.25) is 0 Å². The summed E-state index contributed by atoms with van der Waals surface area (Å²) in [5, 5.41) is 0. The summed E-state index contributed by atoms with van der Waals surface area (Å²) in [5.74, 6) is 0.